The first kappa shape index (κ1) is 12.8. The van der Waals surface area contributed by atoms with Gasteiger partial charge >= 0.3 is 0 Å². The average Bonchev–Trinajstić information content (AvgIpc) is 2.39. The minimum atomic E-state index is 0.383. The molecule has 0 aromatic heterocycles. The van der Waals surface area contributed by atoms with Crippen LogP contribution in [0.3, 0.4) is 0 Å². The molecular weight excluding hydrogens is 218 g/mol. The fraction of sp³-hybridized carbons (Fsp3) is 0.294. The summed E-state index contributed by atoms with van der Waals surface area (Å²) < 4.78 is 0. The molecule has 1 unspecified atom stereocenters. The largest absolute Gasteiger partial charge is 0.313 e. The third kappa shape index (κ3) is 2.99. The van der Waals surface area contributed by atoms with E-state index >= 15 is 0 Å². The lowest BCUT2D eigenvalue weighted by atomic mass is 9.95. The SMILES string of the molecule is CNC(Cc1ccc(C)cc1)c1ccccc1C. The van der Waals surface area contributed by atoms with E-state index in [1.54, 1.807) is 0 Å². The van der Waals surface area contributed by atoms with E-state index in [2.05, 4.69) is 67.7 Å². The first-order valence-electron chi connectivity index (χ1n) is 6.49. The Kier molecular flexibility index (Phi) is 4.16. The number of hydrogen-bond donors (Lipinski definition) is 1. The van der Waals surface area contributed by atoms with E-state index in [1.807, 2.05) is 7.05 Å². The Hall–Kier alpha value is -1.60. The van der Waals surface area contributed by atoms with Crippen LogP contribution in [0.15, 0.2) is 48.5 Å². The predicted molar refractivity (Wildman–Crippen MR) is 77.9 cm³/mol. The van der Waals surface area contributed by atoms with Crippen molar-refractivity contribution in [1.82, 2.24) is 5.32 Å². The summed E-state index contributed by atoms with van der Waals surface area (Å²) in [7, 11) is 2.03. The van der Waals surface area contributed by atoms with Crippen LogP contribution in [0.5, 0.6) is 0 Å². The zero-order chi connectivity index (χ0) is 13.0. The summed E-state index contributed by atoms with van der Waals surface area (Å²) >= 11 is 0. The summed E-state index contributed by atoms with van der Waals surface area (Å²) in [5.41, 5.74) is 5.43. The molecular formula is C17H21N. The maximum Gasteiger partial charge on any atom is 0.0361 e. The van der Waals surface area contributed by atoms with Crippen molar-refractivity contribution in [3.63, 3.8) is 0 Å². The van der Waals surface area contributed by atoms with E-state index in [4.69, 9.17) is 0 Å². The third-order valence-electron chi connectivity index (χ3n) is 3.47. The van der Waals surface area contributed by atoms with Crippen molar-refractivity contribution in [3.05, 3.63) is 70.8 Å². The number of aryl methyl sites for hydroxylation is 2. The molecule has 0 fully saturated rings. The van der Waals surface area contributed by atoms with Gasteiger partial charge in [-0.2, -0.15) is 0 Å². The molecule has 1 atom stereocenters. The van der Waals surface area contributed by atoms with Gasteiger partial charge in [-0.3, -0.25) is 0 Å². The van der Waals surface area contributed by atoms with Crippen molar-refractivity contribution in [2.24, 2.45) is 0 Å². The Bertz CT molecular complexity index is 499. The first-order valence-corrected chi connectivity index (χ1v) is 6.49. The van der Waals surface area contributed by atoms with E-state index in [1.165, 1.54) is 22.3 Å². The number of likely N-dealkylation sites (N-methyl/N-ethyl adjacent to an activating group) is 1. The molecule has 1 heteroatoms. The highest BCUT2D eigenvalue weighted by atomic mass is 14.9. The zero-order valence-electron chi connectivity index (χ0n) is 11.4. The second-order valence-corrected chi connectivity index (χ2v) is 4.89. The molecule has 0 aliphatic heterocycles. The third-order valence-corrected chi connectivity index (χ3v) is 3.47. The van der Waals surface area contributed by atoms with Gasteiger partial charge in [0.2, 0.25) is 0 Å². The van der Waals surface area contributed by atoms with E-state index in [0.717, 1.165) is 6.42 Å². The topological polar surface area (TPSA) is 12.0 Å². The zero-order valence-corrected chi connectivity index (χ0v) is 11.4. The highest BCUT2D eigenvalue weighted by Gasteiger charge is 2.11. The summed E-state index contributed by atoms with van der Waals surface area (Å²) in [6.45, 7) is 4.30. The highest BCUT2D eigenvalue weighted by molar-refractivity contribution is 5.31. The van der Waals surface area contributed by atoms with E-state index in [-0.39, 0.29) is 0 Å². The summed E-state index contributed by atoms with van der Waals surface area (Å²) in [6, 6.07) is 17.8. The molecule has 0 bridgehead atoms. The lowest BCUT2D eigenvalue weighted by Crippen LogP contribution is -2.19. The van der Waals surface area contributed by atoms with Crippen LogP contribution in [0.1, 0.15) is 28.3 Å². The Morgan fingerprint density at radius 2 is 1.61 bits per heavy atom. The van der Waals surface area contributed by atoms with Crippen LogP contribution in [0.4, 0.5) is 0 Å². The fourth-order valence-corrected chi connectivity index (χ4v) is 2.31. The van der Waals surface area contributed by atoms with E-state index < -0.39 is 0 Å². The Labute approximate surface area is 110 Å². The number of benzene rings is 2. The summed E-state index contributed by atoms with van der Waals surface area (Å²) in [5, 5.41) is 3.42. The number of rotatable bonds is 4. The van der Waals surface area contributed by atoms with Gasteiger partial charge in [0.15, 0.2) is 0 Å². The lowest BCUT2D eigenvalue weighted by Gasteiger charge is -2.19. The highest BCUT2D eigenvalue weighted by Crippen LogP contribution is 2.21. The molecule has 18 heavy (non-hydrogen) atoms. The minimum absolute atomic E-state index is 0.383. The van der Waals surface area contributed by atoms with Crippen molar-refractivity contribution < 1.29 is 0 Å². The van der Waals surface area contributed by atoms with Gasteiger partial charge in [0, 0.05) is 6.04 Å². The summed E-state index contributed by atoms with van der Waals surface area (Å²) in [6.07, 6.45) is 1.03. The minimum Gasteiger partial charge on any atom is -0.313 e. The second kappa shape index (κ2) is 5.83. The lowest BCUT2D eigenvalue weighted by molar-refractivity contribution is 0.589. The van der Waals surface area contributed by atoms with Gasteiger partial charge < -0.3 is 5.32 Å². The first-order chi connectivity index (χ1) is 8.70. The fourth-order valence-electron chi connectivity index (χ4n) is 2.31. The van der Waals surface area contributed by atoms with Crippen molar-refractivity contribution >= 4 is 0 Å². The van der Waals surface area contributed by atoms with E-state index in [0.29, 0.717) is 6.04 Å². The van der Waals surface area contributed by atoms with Gasteiger partial charge in [0.25, 0.3) is 0 Å². The Morgan fingerprint density at radius 3 is 2.22 bits per heavy atom. The van der Waals surface area contributed by atoms with Gasteiger partial charge in [-0.15, -0.1) is 0 Å². The van der Waals surface area contributed by atoms with Crippen molar-refractivity contribution in [3.8, 4) is 0 Å². The molecule has 0 amide bonds. The standard InChI is InChI=1S/C17H21N/c1-13-8-10-15(11-9-13)12-17(18-3)16-7-5-4-6-14(16)2/h4-11,17-18H,12H2,1-3H3. The normalized spacial score (nSPS) is 12.4. The molecule has 1 N–H and O–H groups in total. The molecule has 94 valence electrons. The molecule has 2 rings (SSSR count). The van der Waals surface area contributed by atoms with Gasteiger partial charge in [-0.1, -0.05) is 54.1 Å². The van der Waals surface area contributed by atoms with Gasteiger partial charge in [0.1, 0.15) is 0 Å². The molecule has 2 aromatic carbocycles. The van der Waals surface area contributed by atoms with Crippen molar-refractivity contribution in [2.45, 2.75) is 26.3 Å². The predicted octanol–water partition coefficient (Wildman–Crippen LogP) is 3.81. The van der Waals surface area contributed by atoms with Gasteiger partial charge in [-0.25, -0.2) is 0 Å². The van der Waals surface area contributed by atoms with Gasteiger partial charge in [0.05, 0.1) is 0 Å². The molecule has 0 saturated heterocycles. The van der Waals surface area contributed by atoms with Crippen LogP contribution in [0.25, 0.3) is 0 Å². The van der Waals surface area contributed by atoms with Crippen molar-refractivity contribution in [1.29, 1.82) is 0 Å². The summed E-state index contributed by atoms with van der Waals surface area (Å²) in [4.78, 5) is 0. The van der Waals surface area contributed by atoms with Crippen LogP contribution in [0, 0.1) is 13.8 Å². The van der Waals surface area contributed by atoms with Crippen LogP contribution in [0.2, 0.25) is 0 Å². The maximum atomic E-state index is 3.42. The average molecular weight is 239 g/mol. The molecule has 0 heterocycles. The van der Waals surface area contributed by atoms with Crippen LogP contribution >= 0.6 is 0 Å². The Morgan fingerprint density at radius 1 is 0.944 bits per heavy atom. The quantitative estimate of drug-likeness (QED) is 0.855. The smallest absolute Gasteiger partial charge is 0.0361 e. The molecule has 0 radical (unpaired) electrons. The second-order valence-electron chi connectivity index (χ2n) is 4.89. The van der Waals surface area contributed by atoms with Crippen LogP contribution in [-0.4, -0.2) is 7.05 Å². The van der Waals surface area contributed by atoms with E-state index in [9.17, 15) is 0 Å². The van der Waals surface area contributed by atoms with Crippen LogP contribution < -0.4 is 5.32 Å². The maximum absolute atomic E-state index is 3.42. The molecule has 0 aliphatic carbocycles. The monoisotopic (exact) mass is 239 g/mol. The summed E-state index contributed by atoms with van der Waals surface area (Å²) in [5.74, 6) is 0. The Balaban J connectivity index is 2.20. The number of hydrogen-bond acceptors (Lipinski definition) is 1. The molecule has 0 spiro atoms. The number of nitrogens with one attached hydrogen (secondary N) is 1. The van der Waals surface area contributed by atoms with Crippen molar-refractivity contribution in [2.75, 3.05) is 7.05 Å². The van der Waals surface area contributed by atoms with Gasteiger partial charge in [-0.05, 0) is 44.0 Å². The molecule has 2 aromatic rings. The van der Waals surface area contributed by atoms with Crippen LogP contribution in [-0.2, 0) is 6.42 Å². The molecule has 1 nitrogen and oxygen atoms in total. The molecule has 0 saturated carbocycles. The molecule has 0 aliphatic rings.